The topological polar surface area (TPSA) is 38.7 Å². The van der Waals surface area contributed by atoms with E-state index in [0.29, 0.717) is 6.42 Å². The second kappa shape index (κ2) is 4.88. The molecular weight excluding hydrogens is 150 g/mol. The Hall–Kier alpha value is -0.960. The minimum atomic E-state index is 0. The van der Waals surface area contributed by atoms with Crippen LogP contribution in [0.15, 0.2) is 25.3 Å². The molecule has 0 aliphatic heterocycles. The first-order chi connectivity index (χ1) is 4.43. The predicted molar refractivity (Wildman–Crippen MR) is 41.0 cm³/mol. The fourth-order valence-corrected chi connectivity index (χ4v) is 0.498. The summed E-state index contributed by atoms with van der Waals surface area (Å²) < 4.78 is 0. The van der Waals surface area contributed by atoms with Gasteiger partial charge in [0.15, 0.2) is 0 Å². The molecule has 1 rings (SSSR count). The molecule has 0 N–H and O–H groups in total. The lowest BCUT2D eigenvalue weighted by Gasteiger charge is -1.88. The molecule has 0 unspecified atom stereocenters. The molecule has 1 aromatic rings. The van der Waals surface area contributed by atoms with E-state index in [-0.39, 0.29) is 12.4 Å². The molecule has 0 atom stereocenters. The lowest BCUT2D eigenvalue weighted by molar-refractivity contribution is 0.932. The standard InChI is InChI=1S/C6H7N3.ClH/c1-2-3-6-8-4-7-5-9-6;/h2,4-5H,1,3H2;1H. The van der Waals surface area contributed by atoms with Gasteiger partial charge in [0.1, 0.15) is 18.5 Å². The molecule has 0 bridgehead atoms. The Morgan fingerprint density at radius 1 is 1.40 bits per heavy atom. The van der Waals surface area contributed by atoms with Gasteiger partial charge < -0.3 is 0 Å². The van der Waals surface area contributed by atoms with Crippen molar-refractivity contribution in [3.05, 3.63) is 31.1 Å². The van der Waals surface area contributed by atoms with Gasteiger partial charge in [0.05, 0.1) is 0 Å². The number of halogens is 1. The van der Waals surface area contributed by atoms with E-state index in [1.807, 2.05) is 0 Å². The Balaban J connectivity index is 0.000000810. The molecule has 0 fully saturated rings. The van der Waals surface area contributed by atoms with Crippen LogP contribution in [0.1, 0.15) is 5.82 Å². The SMILES string of the molecule is C=CCc1ncncn1.Cl. The molecule has 0 amide bonds. The summed E-state index contributed by atoms with van der Waals surface area (Å²) in [7, 11) is 0. The Morgan fingerprint density at radius 2 is 2.00 bits per heavy atom. The lowest BCUT2D eigenvalue weighted by Crippen LogP contribution is -1.91. The van der Waals surface area contributed by atoms with Crippen molar-refractivity contribution in [3.8, 4) is 0 Å². The normalized spacial score (nSPS) is 8.00. The molecule has 0 saturated heterocycles. The molecule has 10 heavy (non-hydrogen) atoms. The average molecular weight is 158 g/mol. The van der Waals surface area contributed by atoms with Gasteiger partial charge >= 0.3 is 0 Å². The lowest BCUT2D eigenvalue weighted by atomic mass is 10.4. The van der Waals surface area contributed by atoms with Gasteiger partial charge in [-0.1, -0.05) is 6.08 Å². The Morgan fingerprint density at radius 3 is 2.50 bits per heavy atom. The maximum Gasteiger partial charge on any atom is 0.135 e. The van der Waals surface area contributed by atoms with Crippen LogP contribution in [0.5, 0.6) is 0 Å². The molecule has 0 radical (unpaired) electrons. The molecule has 0 aliphatic carbocycles. The minimum absolute atomic E-state index is 0. The molecule has 54 valence electrons. The molecule has 1 aromatic heterocycles. The third-order valence-corrected chi connectivity index (χ3v) is 0.874. The van der Waals surface area contributed by atoms with Crippen LogP contribution in [0.4, 0.5) is 0 Å². The highest BCUT2D eigenvalue weighted by molar-refractivity contribution is 5.85. The van der Waals surface area contributed by atoms with Crippen molar-refractivity contribution in [1.29, 1.82) is 0 Å². The molecule has 4 heteroatoms. The van der Waals surface area contributed by atoms with E-state index < -0.39 is 0 Å². The van der Waals surface area contributed by atoms with E-state index in [4.69, 9.17) is 0 Å². The van der Waals surface area contributed by atoms with Crippen molar-refractivity contribution in [2.45, 2.75) is 6.42 Å². The van der Waals surface area contributed by atoms with Crippen molar-refractivity contribution >= 4 is 12.4 Å². The Bertz CT molecular complexity index is 187. The summed E-state index contributed by atoms with van der Waals surface area (Å²) in [5, 5.41) is 0. The van der Waals surface area contributed by atoms with Gasteiger partial charge in [0.25, 0.3) is 0 Å². The number of hydrogen-bond acceptors (Lipinski definition) is 3. The smallest absolute Gasteiger partial charge is 0.135 e. The second-order valence-corrected chi connectivity index (χ2v) is 1.55. The summed E-state index contributed by atoms with van der Waals surface area (Å²) in [6.45, 7) is 3.56. The number of aromatic nitrogens is 3. The fourth-order valence-electron chi connectivity index (χ4n) is 0.498. The maximum absolute atomic E-state index is 3.88. The minimum Gasteiger partial charge on any atom is -0.225 e. The van der Waals surface area contributed by atoms with E-state index >= 15 is 0 Å². The van der Waals surface area contributed by atoms with E-state index in [9.17, 15) is 0 Å². The third-order valence-electron chi connectivity index (χ3n) is 0.874. The van der Waals surface area contributed by atoms with Crippen molar-refractivity contribution in [2.24, 2.45) is 0 Å². The number of hydrogen-bond donors (Lipinski definition) is 0. The molecule has 0 spiro atoms. The monoisotopic (exact) mass is 157 g/mol. The first-order valence-electron chi connectivity index (χ1n) is 2.65. The van der Waals surface area contributed by atoms with Gasteiger partial charge in [-0.15, -0.1) is 19.0 Å². The van der Waals surface area contributed by atoms with Crippen molar-refractivity contribution in [3.63, 3.8) is 0 Å². The maximum atomic E-state index is 3.88. The van der Waals surface area contributed by atoms with Crippen LogP contribution in [-0.4, -0.2) is 15.0 Å². The zero-order valence-corrected chi connectivity index (χ0v) is 6.21. The summed E-state index contributed by atoms with van der Waals surface area (Å²) in [4.78, 5) is 11.4. The summed E-state index contributed by atoms with van der Waals surface area (Å²) in [5.74, 6) is 0.764. The molecule has 0 aromatic carbocycles. The van der Waals surface area contributed by atoms with Crippen LogP contribution in [0.3, 0.4) is 0 Å². The fraction of sp³-hybridized carbons (Fsp3) is 0.167. The van der Waals surface area contributed by atoms with Gasteiger partial charge in [-0.2, -0.15) is 0 Å². The van der Waals surface area contributed by atoms with Crippen molar-refractivity contribution in [1.82, 2.24) is 15.0 Å². The van der Waals surface area contributed by atoms with Crippen molar-refractivity contribution in [2.75, 3.05) is 0 Å². The third kappa shape index (κ3) is 2.55. The summed E-state index contributed by atoms with van der Waals surface area (Å²) >= 11 is 0. The van der Waals surface area contributed by atoms with Crippen molar-refractivity contribution < 1.29 is 0 Å². The number of rotatable bonds is 2. The first kappa shape index (κ1) is 9.04. The predicted octanol–water partition coefficient (Wildman–Crippen LogP) is 1.02. The van der Waals surface area contributed by atoms with Crippen LogP contribution in [-0.2, 0) is 6.42 Å². The van der Waals surface area contributed by atoms with Gasteiger partial charge in [-0.3, -0.25) is 0 Å². The van der Waals surface area contributed by atoms with Gasteiger partial charge in [0.2, 0.25) is 0 Å². The zero-order valence-electron chi connectivity index (χ0n) is 5.40. The van der Waals surface area contributed by atoms with E-state index in [0.717, 1.165) is 5.82 Å². The Labute approximate surface area is 65.6 Å². The summed E-state index contributed by atoms with van der Waals surface area (Å²) in [6, 6.07) is 0. The van der Waals surface area contributed by atoms with Crippen LogP contribution in [0, 0.1) is 0 Å². The second-order valence-electron chi connectivity index (χ2n) is 1.55. The van der Waals surface area contributed by atoms with E-state index in [2.05, 4.69) is 21.5 Å². The van der Waals surface area contributed by atoms with Gasteiger partial charge in [-0.25, -0.2) is 15.0 Å². The number of allylic oxidation sites excluding steroid dienone is 1. The molecule has 1 heterocycles. The molecule has 3 nitrogen and oxygen atoms in total. The zero-order chi connectivity index (χ0) is 6.53. The highest BCUT2D eigenvalue weighted by atomic mass is 35.5. The van der Waals surface area contributed by atoms with Crippen LogP contribution >= 0.6 is 12.4 Å². The highest BCUT2D eigenvalue weighted by Gasteiger charge is 1.86. The first-order valence-corrected chi connectivity index (χ1v) is 2.65. The van der Waals surface area contributed by atoms with Gasteiger partial charge in [-0.05, 0) is 0 Å². The molecular formula is C6H8ClN3. The molecule has 0 aliphatic rings. The van der Waals surface area contributed by atoms with E-state index in [1.54, 1.807) is 6.08 Å². The quantitative estimate of drug-likeness (QED) is 0.602. The highest BCUT2D eigenvalue weighted by Crippen LogP contribution is 1.85. The summed E-state index contributed by atoms with van der Waals surface area (Å²) in [5.41, 5.74) is 0. The average Bonchev–Trinajstić information content (AvgIpc) is 1.91. The Kier molecular flexibility index (Phi) is 4.41. The molecule has 0 saturated carbocycles. The van der Waals surface area contributed by atoms with Crippen LogP contribution < -0.4 is 0 Å². The van der Waals surface area contributed by atoms with Crippen LogP contribution in [0.25, 0.3) is 0 Å². The van der Waals surface area contributed by atoms with Gasteiger partial charge in [0, 0.05) is 6.42 Å². The largest absolute Gasteiger partial charge is 0.225 e. The summed E-state index contributed by atoms with van der Waals surface area (Å²) in [6.07, 6.45) is 5.43. The number of nitrogens with zero attached hydrogens (tertiary/aromatic N) is 3. The van der Waals surface area contributed by atoms with Crippen LogP contribution in [0.2, 0.25) is 0 Å². The van der Waals surface area contributed by atoms with E-state index in [1.165, 1.54) is 12.7 Å².